The maximum absolute atomic E-state index is 9.45. The van der Waals surface area contributed by atoms with Crippen molar-refractivity contribution in [2.45, 2.75) is 32.9 Å². The SMILES string of the molecule is CCCNC(C)c1cccc(OCc2cccc(O)c2)c1. The molecule has 2 N–H and O–H groups in total. The third kappa shape index (κ3) is 4.80. The van der Waals surface area contributed by atoms with E-state index in [-0.39, 0.29) is 5.75 Å². The third-order valence-electron chi connectivity index (χ3n) is 3.37. The summed E-state index contributed by atoms with van der Waals surface area (Å²) in [5.74, 6) is 1.11. The van der Waals surface area contributed by atoms with Crippen molar-refractivity contribution in [3.63, 3.8) is 0 Å². The van der Waals surface area contributed by atoms with Gasteiger partial charge in [-0.05, 0) is 55.3 Å². The van der Waals surface area contributed by atoms with Gasteiger partial charge in [-0.25, -0.2) is 0 Å². The Kier molecular flexibility index (Phi) is 5.64. The van der Waals surface area contributed by atoms with Gasteiger partial charge >= 0.3 is 0 Å². The number of hydrogen-bond acceptors (Lipinski definition) is 3. The molecular weight excluding hydrogens is 262 g/mol. The maximum atomic E-state index is 9.45. The van der Waals surface area contributed by atoms with Crippen molar-refractivity contribution < 1.29 is 9.84 Å². The Hall–Kier alpha value is -2.00. The van der Waals surface area contributed by atoms with E-state index in [1.807, 2.05) is 24.3 Å². The molecule has 0 fully saturated rings. The van der Waals surface area contributed by atoms with Crippen LogP contribution in [-0.4, -0.2) is 11.7 Å². The fraction of sp³-hybridized carbons (Fsp3) is 0.333. The monoisotopic (exact) mass is 285 g/mol. The third-order valence-corrected chi connectivity index (χ3v) is 3.37. The quantitative estimate of drug-likeness (QED) is 0.807. The first kappa shape index (κ1) is 15.4. The molecule has 0 aliphatic rings. The number of nitrogens with one attached hydrogen (secondary N) is 1. The molecule has 1 atom stereocenters. The zero-order valence-electron chi connectivity index (χ0n) is 12.7. The van der Waals surface area contributed by atoms with Gasteiger partial charge in [0.05, 0.1) is 0 Å². The fourth-order valence-corrected chi connectivity index (χ4v) is 2.17. The minimum absolute atomic E-state index is 0.266. The van der Waals surface area contributed by atoms with Crippen LogP contribution in [0.5, 0.6) is 11.5 Å². The highest BCUT2D eigenvalue weighted by Gasteiger charge is 2.05. The molecule has 0 radical (unpaired) electrons. The summed E-state index contributed by atoms with van der Waals surface area (Å²) in [4.78, 5) is 0. The van der Waals surface area contributed by atoms with Gasteiger partial charge in [-0.1, -0.05) is 31.2 Å². The van der Waals surface area contributed by atoms with E-state index < -0.39 is 0 Å². The molecule has 3 nitrogen and oxygen atoms in total. The van der Waals surface area contributed by atoms with E-state index in [1.165, 1.54) is 5.56 Å². The molecule has 0 aliphatic carbocycles. The number of phenolic OH excluding ortho intramolecular Hbond substituents is 1. The van der Waals surface area contributed by atoms with Crippen molar-refractivity contribution in [2.24, 2.45) is 0 Å². The van der Waals surface area contributed by atoms with Crippen LogP contribution in [0, 0.1) is 0 Å². The van der Waals surface area contributed by atoms with E-state index in [9.17, 15) is 5.11 Å². The normalized spacial score (nSPS) is 12.1. The molecule has 2 aromatic carbocycles. The van der Waals surface area contributed by atoms with Crippen LogP contribution in [0.2, 0.25) is 0 Å². The lowest BCUT2D eigenvalue weighted by Gasteiger charge is -2.15. The van der Waals surface area contributed by atoms with Crippen LogP contribution < -0.4 is 10.1 Å². The highest BCUT2D eigenvalue weighted by molar-refractivity contribution is 5.31. The number of benzene rings is 2. The van der Waals surface area contributed by atoms with Gasteiger partial charge < -0.3 is 15.2 Å². The summed E-state index contributed by atoms with van der Waals surface area (Å²) in [7, 11) is 0. The van der Waals surface area contributed by atoms with Gasteiger partial charge in [0.1, 0.15) is 18.1 Å². The second kappa shape index (κ2) is 7.70. The van der Waals surface area contributed by atoms with E-state index in [4.69, 9.17) is 4.74 Å². The van der Waals surface area contributed by atoms with Crippen LogP contribution in [0.15, 0.2) is 48.5 Å². The van der Waals surface area contributed by atoms with Gasteiger partial charge in [0.25, 0.3) is 0 Å². The van der Waals surface area contributed by atoms with Crippen LogP contribution in [0.4, 0.5) is 0 Å². The molecule has 112 valence electrons. The smallest absolute Gasteiger partial charge is 0.120 e. The van der Waals surface area contributed by atoms with Crippen molar-refractivity contribution in [3.05, 3.63) is 59.7 Å². The zero-order chi connectivity index (χ0) is 15.1. The van der Waals surface area contributed by atoms with Gasteiger partial charge in [-0.2, -0.15) is 0 Å². The molecule has 0 bridgehead atoms. The number of rotatable bonds is 7. The Balaban J connectivity index is 1.97. The number of hydrogen-bond donors (Lipinski definition) is 2. The van der Waals surface area contributed by atoms with E-state index in [1.54, 1.807) is 12.1 Å². The molecule has 0 saturated heterocycles. The first-order valence-electron chi connectivity index (χ1n) is 7.43. The lowest BCUT2D eigenvalue weighted by Crippen LogP contribution is -2.19. The van der Waals surface area contributed by atoms with E-state index in [0.29, 0.717) is 12.6 Å². The van der Waals surface area contributed by atoms with Gasteiger partial charge in [0.2, 0.25) is 0 Å². The predicted molar refractivity (Wildman–Crippen MR) is 85.6 cm³/mol. The maximum Gasteiger partial charge on any atom is 0.120 e. The van der Waals surface area contributed by atoms with E-state index in [2.05, 4.69) is 31.3 Å². The first-order chi connectivity index (χ1) is 10.2. The van der Waals surface area contributed by atoms with Crippen LogP contribution in [-0.2, 0) is 6.61 Å². The number of phenols is 1. The Morgan fingerprint density at radius 3 is 2.71 bits per heavy atom. The Morgan fingerprint density at radius 2 is 1.95 bits per heavy atom. The highest BCUT2D eigenvalue weighted by atomic mass is 16.5. The minimum atomic E-state index is 0.266. The van der Waals surface area contributed by atoms with Gasteiger partial charge in [-0.15, -0.1) is 0 Å². The Labute approximate surface area is 126 Å². The fourth-order valence-electron chi connectivity index (χ4n) is 2.17. The van der Waals surface area contributed by atoms with Crippen molar-refractivity contribution >= 4 is 0 Å². The summed E-state index contributed by atoms with van der Waals surface area (Å²) in [5, 5.41) is 12.9. The summed E-state index contributed by atoms with van der Waals surface area (Å²) >= 11 is 0. The average Bonchev–Trinajstić information content (AvgIpc) is 2.51. The molecule has 0 aliphatic heterocycles. The zero-order valence-corrected chi connectivity index (χ0v) is 12.7. The summed E-state index contributed by atoms with van der Waals surface area (Å²) in [6.07, 6.45) is 1.12. The highest BCUT2D eigenvalue weighted by Crippen LogP contribution is 2.20. The summed E-state index contributed by atoms with van der Waals surface area (Å²) in [5.41, 5.74) is 2.18. The molecule has 0 aromatic heterocycles. The van der Waals surface area contributed by atoms with Crippen molar-refractivity contribution in [1.82, 2.24) is 5.32 Å². The standard InChI is InChI=1S/C18H23NO2/c1-3-10-19-14(2)16-7-5-9-18(12-16)21-13-15-6-4-8-17(20)11-15/h4-9,11-12,14,19-20H,3,10,13H2,1-2H3. The summed E-state index contributed by atoms with van der Waals surface area (Å²) < 4.78 is 5.80. The van der Waals surface area contributed by atoms with Crippen molar-refractivity contribution in [3.8, 4) is 11.5 Å². The van der Waals surface area contributed by atoms with E-state index in [0.717, 1.165) is 24.3 Å². The van der Waals surface area contributed by atoms with E-state index >= 15 is 0 Å². The Morgan fingerprint density at radius 1 is 1.14 bits per heavy atom. The van der Waals surface area contributed by atoms with Crippen LogP contribution in [0.25, 0.3) is 0 Å². The number of ether oxygens (including phenoxy) is 1. The lowest BCUT2D eigenvalue weighted by atomic mass is 10.1. The molecular formula is C18H23NO2. The second-order valence-electron chi connectivity index (χ2n) is 5.21. The molecule has 0 heterocycles. The predicted octanol–water partition coefficient (Wildman–Crippen LogP) is 4.03. The molecule has 2 rings (SSSR count). The van der Waals surface area contributed by atoms with Crippen molar-refractivity contribution in [2.75, 3.05) is 6.54 Å². The largest absolute Gasteiger partial charge is 0.508 e. The lowest BCUT2D eigenvalue weighted by molar-refractivity contribution is 0.305. The van der Waals surface area contributed by atoms with Crippen LogP contribution >= 0.6 is 0 Å². The molecule has 0 saturated carbocycles. The topological polar surface area (TPSA) is 41.5 Å². The number of aromatic hydroxyl groups is 1. The molecule has 1 unspecified atom stereocenters. The van der Waals surface area contributed by atoms with Crippen molar-refractivity contribution in [1.29, 1.82) is 0 Å². The molecule has 2 aromatic rings. The Bertz CT molecular complexity index is 569. The second-order valence-corrected chi connectivity index (χ2v) is 5.21. The first-order valence-corrected chi connectivity index (χ1v) is 7.43. The average molecular weight is 285 g/mol. The molecule has 3 heteroatoms. The summed E-state index contributed by atoms with van der Waals surface area (Å²) in [6.45, 7) is 5.78. The van der Waals surface area contributed by atoms with Gasteiger partial charge in [0.15, 0.2) is 0 Å². The molecule has 0 spiro atoms. The van der Waals surface area contributed by atoms with Gasteiger partial charge in [0, 0.05) is 6.04 Å². The van der Waals surface area contributed by atoms with Gasteiger partial charge in [-0.3, -0.25) is 0 Å². The summed E-state index contributed by atoms with van der Waals surface area (Å²) in [6, 6.07) is 15.6. The minimum Gasteiger partial charge on any atom is -0.508 e. The van der Waals surface area contributed by atoms with Crippen LogP contribution in [0.3, 0.4) is 0 Å². The molecule has 21 heavy (non-hydrogen) atoms. The van der Waals surface area contributed by atoms with Crippen LogP contribution in [0.1, 0.15) is 37.4 Å². The molecule has 0 amide bonds.